The molecule has 12 atom stereocenters. The van der Waals surface area contributed by atoms with Gasteiger partial charge in [0.05, 0.1) is 52.8 Å². The zero-order chi connectivity index (χ0) is 74.9. The molecule has 0 radical (unpaired) electrons. The number of ether oxygens (including phenoxy) is 6. The first-order valence-corrected chi connectivity index (χ1v) is 37.0. The summed E-state index contributed by atoms with van der Waals surface area (Å²) in [4.78, 5) is 172. The van der Waals surface area contributed by atoms with E-state index in [1.54, 1.807) is 91.8 Å². The quantitative estimate of drug-likeness (QED) is 0.0122. The first-order chi connectivity index (χ1) is 47.1. The van der Waals surface area contributed by atoms with E-state index >= 15 is 0 Å². The standard InChI is InChI=1S/C67H107N7O24P2/c1-14-44(5)58-61(79)70-50(11)66(84)97-59(45(6)15-2)48(9)54(28-27-46(7)65(83)95-55(39-43(3)4)60(78)69-49(10)63(81)73(13)53(41-51-23-18-16-19-24-51)64(82)72(12)42-56(76)71-58)96-67(85)68-29-32-93-99(86,87)98-100(88,89)94-38-37-92-36-35-91-34-33-90-31-22-26-52(75)25-20-17-21-30-74-57(77)40-47(8)62(74)80/h15-16,18-19,23-24,27,43-44,47-50,53-55,58-59H,14,17,20-22,25-26,28-42H2,1-13H3,(H,68,85)(H,69,78)(H,70,79)(H,71,76)(H,86,87)(H,88,89)/b45-15+,46-27+/t44?,47?,48-,49-,50+,53+,54-,55+,58-,59+/m0/s1. The van der Waals surface area contributed by atoms with E-state index in [-0.39, 0.29) is 93.7 Å². The number of imide groups is 1. The molecule has 8 amide bonds. The number of unbranched alkanes of at least 4 members (excludes halogenated alkanes) is 2. The molecule has 1 aromatic carbocycles. The number of Topliss-reactive ketones (excluding diaryl/α,β-unsaturated/α-hetero) is 1. The molecule has 1 saturated heterocycles. The Bertz CT molecular complexity index is 3040. The number of esters is 2. The van der Waals surface area contributed by atoms with Gasteiger partial charge in [0.1, 0.15) is 42.2 Å². The van der Waals surface area contributed by atoms with E-state index in [1.807, 2.05) is 0 Å². The van der Waals surface area contributed by atoms with Crippen LogP contribution in [0, 0.1) is 23.7 Å². The number of hydrogen-bond acceptors (Lipinski definition) is 22. The third-order valence-electron chi connectivity index (χ3n) is 16.7. The highest BCUT2D eigenvalue weighted by molar-refractivity contribution is 7.61. The third-order valence-corrected chi connectivity index (χ3v) is 19.3. The number of benzene rings is 1. The second-order valence-electron chi connectivity index (χ2n) is 25.5. The van der Waals surface area contributed by atoms with Crippen LogP contribution in [0.3, 0.4) is 0 Å². The van der Waals surface area contributed by atoms with Crippen molar-refractivity contribution < 1.29 is 113 Å². The molecule has 0 saturated carbocycles. The largest absolute Gasteiger partial charge is 0.481 e. The van der Waals surface area contributed by atoms with Crippen LogP contribution in [0.5, 0.6) is 0 Å². The lowest BCUT2D eigenvalue weighted by Crippen LogP contribution is -2.57. The second-order valence-corrected chi connectivity index (χ2v) is 28.5. The molecule has 33 heteroatoms. The number of carbonyl (C=O) groups excluding carboxylic acids is 11. The minimum Gasteiger partial charge on any atom is -0.456 e. The predicted molar refractivity (Wildman–Crippen MR) is 364 cm³/mol. The molecule has 0 spiro atoms. The number of amides is 8. The highest BCUT2D eigenvalue weighted by atomic mass is 31.3. The van der Waals surface area contributed by atoms with Gasteiger partial charge in [-0.05, 0) is 83.3 Å². The molecule has 6 N–H and O–H groups in total. The van der Waals surface area contributed by atoms with Gasteiger partial charge in [-0.3, -0.25) is 52.3 Å². The molecule has 100 heavy (non-hydrogen) atoms. The molecule has 1 fully saturated rings. The number of nitrogens with zero attached hydrogens (tertiary/aromatic N) is 3. The number of alkyl carbamates (subject to hydrolysis) is 1. The van der Waals surface area contributed by atoms with Crippen LogP contribution in [0.25, 0.3) is 0 Å². The van der Waals surface area contributed by atoms with Gasteiger partial charge in [-0.2, -0.15) is 4.31 Å². The molecular formula is C67H107N7O24P2. The van der Waals surface area contributed by atoms with Gasteiger partial charge in [-0.1, -0.05) is 96.9 Å². The summed E-state index contributed by atoms with van der Waals surface area (Å²) >= 11 is 0. The van der Waals surface area contributed by atoms with Crippen molar-refractivity contribution in [3.63, 3.8) is 0 Å². The highest BCUT2D eigenvalue weighted by Crippen LogP contribution is 2.60. The fourth-order valence-corrected chi connectivity index (χ4v) is 12.5. The minimum absolute atomic E-state index is 0.00832. The normalized spacial score (nSPS) is 24.7. The van der Waals surface area contributed by atoms with E-state index < -0.39 is 144 Å². The van der Waals surface area contributed by atoms with Crippen molar-refractivity contribution in [2.24, 2.45) is 23.7 Å². The van der Waals surface area contributed by atoms with Crippen LogP contribution in [0.2, 0.25) is 0 Å². The van der Waals surface area contributed by atoms with Crippen molar-refractivity contribution in [3.8, 4) is 0 Å². The molecule has 3 rings (SSSR count). The number of nitrogens with one attached hydrogen (secondary N) is 4. The van der Waals surface area contributed by atoms with Crippen molar-refractivity contribution >= 4 is 80.8 Å². The van der Waals surface area contributed by atoms with Crippen LogP contribution < -0.4 is 21.3 Å². The first-order valence-electron chi connectivity index (χ1n) is 34.0. The monoisotopic (exact) mass is 1460 g/mol. The Morgan fingerprint density at radius 3 is 1.95 bits per heavy atom. The Kier molecular flexibility index (Phi) is 39.0. The Morgan fingerprint density at radius 2 is 1.35 bits per heavy atom. The smallest absolute Gasteiger partial charge is 0.456 e. The maximum absolute atomic E-state index is 14.3. The average Bonchev–Trinajstić information content (AvgIpc) is 0.879. The Hall–Kier alpha value is -6.79. The van der Waals surface area contributed by atoms with Crippen LogP contribution >= 0.6 is 15.6 Å². The van der Waals surface area contributed by atoms with Crippen molar-refractivity contribution in [1.29, 1.82) is 0 Å². The van der Waals surface area contributed by atoms with Gasteiger partial charge < -0.3 is 69.3 Å². The van der Waals surface area contributed by atoms with Crippen molar-refractivity contribution in [2.75, 3.05) is 86.6 Å². The van der Waals surface area contributed by atoms with Crippen molar-refractivity contribution in [2.45, 2.75) is 189 Å². The van der Waals surface area contributed by atoms with Crippen LogP contribution in [-0.2, 0) is 105 Å². The summed E-state index contributed by atoms with van der Waals surface area (Å²) in [6.07, 6.45) is 1.69. The highest BCUT2D eigenvalue weighted by Gasteiger charge is 2.40. The number of likely N-dealkylation sites (tertiary alicyclic amines) is 1. The van der Waals surface area contributed by atoms with E-state index in [4.69, 9.17) is 37.5 Å². The summed E-state index contributed by atoms with van der Waals surface area (Å²) in [7, 11) is -7.81. The number of ketones is 1. The molecule has 2 aliphatic rings. The first kappa shape index (κ1) is 87.4. The molecule has 2 aliphatic heterocycles. The molecule has 4 unspecified atom stereocenters. The summed E-state index contributed by atoms with van der Waals surface area (Å²) in [6.45, 7) is 16.5. The zero-order valence-corrected chi connectivity index (χ0v) is 61.8. The molecule has 0 aliphatic carbocycles. The average molecular weight is 1460 g/mol. The summed E-state index contributed by atoms with van der Waals surface area (Å²) in [6, 6.07) is 3.78. The van der Waals surface area contributed by atoms with Crippen LogP contribution in [0.1, 0.15) is 146 Å². The molecule has 0 aromatic heterocycles. The van der Waals surface area contributed by atoms with Gasteiger partial charge in [-0.25, -0.2) is 23.5 Å². The zero-order valence-electron chi connectivity index (χ0n) is 60.1. The number of allylic oxidation sites excluding steroid dienone is 1. The molecule has 1 aromatic rings. The minimum atomic E-state index is -5.33. The maximum atomic E-state index is 14.3. The lowest BCUT2D eigenvalue weighted by molar-refractivity contribution is -0.155. The number of rotatable bonds is 34. The number of hydrogen-bond donors (Lipinski definition) is 6. The third kappa shape index (κ3) is 31.6. The van der Waals surface area contributed by atoms with Gasteiger partial charge >= 0.3 is 33.7 Å². The Morgan fingerprint density at radius 1 is 0.750 bits per heavy atom. The summed E-state index contributed by atoms with van der Waals surface area (Å²) in [5.41, 5.74) is 1.07. The van der Waals surface area contributed by atoms with Gasteiger partial charge in [-0.15, -0.1) is 0 Å². The van der Waals surface area contributed by atoms with Gasteiger partial charge in [0, 0.05) is 83.3 Å². The topological polar surface area (TPSA) is 403 Å². The Balaban J connectivity index is 1.66. The van der Waals surface area contributed by atoms with E-state index in [2.05, 4.69) is 25.6 Å². The number of phosphoric acid groups is 2. The molecule has 564 valence electrons. The summed E-state index contributed by atoms with van der Waals surface area (Å²) < 4.78 is 73.2. The molecular weight excluding hydrogens is 1350 g/mol. The molecule has 0 bridgehead atoms. The number of likely N-dealkylation sites (N-methyl/N-ethyl adjacent to an activating group) is 2. The fraction of sp³-hybridized carbons (Fsp3) is 0.687. The van der Waals surface area contributed by atoms with E-state index in [1.165, 1.54) is 45.8 Å². The lowest BCUT2D eigenvalue weighted by atomic mass is 9.90. The van der Waals surface area contributed by atoms with Crippen LogP contribution in [0.15, 0.2) is 53.6 Å². The van der Waals surface area contributed by atoms with Crippen LogP contribution in [0.4, 0.5) is 4.79 Å². The SMILES string of the molecule is C/C=C(\C)[C@H]1OC(=O)[C@@H](C)NC(=O)[C@H](C(C)CC)NC(=O)CN(C)C(=O)[C@@H](Cc2ccccc2)N(C)C(=O)[C@H](C)NC(=O)[C@@H](CC(C)C)OC(=O)/C(C)=C/C[C@H](OC(=O)NCCOP(=O)(O)OP(=O)(O)OCCOCCOCCOCCCC(=O)CCCCCN2C(=O)CC(C)C2=O)[C@@H]1C. The van der Waals surface area contributed by atoms with Gasteiger partial charge in [0.25, 0.3) is 5.91 Å². The van der Waals surface area contributed by atoms with Crippen molar-refractivity contribution in [1.82, 2.24) is 36.0 Å². The number of cyclic esters (lactones) is 2. The van der Waals surface area contributed by atoms with Gasteiger partial charge in [0.2, 0.25) is 35.4 Å². The van der Waals surface area contributed by atoms with Crippen LogP contribution in [-0.4, -0.2) is 219 Å². The second kappa shape index (κ2) is 44.6. The summed E-state index contributed by atoms with van der Waals surface area (Å²) in [5, 5.41) is 10.3. The van der Waals surface area contributed by atoms with E-state index in [0.29, 0.717) is 62.8 Å². The van der Waals surface area contributed by atoms with Gasteiger partial charge in [0.15, 0.2) is 6.10 Å². The Labute approximate surface area is 586 Å². The molecule has 2 heterocycles. The lowest BCUT2D eigenvalue weighted by Gasteiger charge is -2.33. The maximum Gasteiger partial charge on any atom is 0.481 e. The number of carbonyl (C=O) groups is 11. The van der Waals surface area contributed by atoms with E-state index in [9.17, 15) is 71.7 Å². The van der Waals surface area contributed by atoms with Crippen molar-refractivity contribution in [3.05, 3.63) is 59.2 Å². The number of phosphoric ester groups is 2. The molecule has 31 nitrogen and oxygen atoms in total. The predicted octanol–water partition coefficient (Wildman–Crippen LogP) is 5.58. The summed E-state index contributed by atoms with van der Waals surface area (Å²) in [5.74, 6) is -7.67. The fourth-order valence-electron chi connectivity index (χ4n) is 10.5. The van der Waals surface area contributed by atoms with E-state index in [0.717, 1.165) is 16.2 Å².